The number of aromatic nitrogens is 4. The van der Waals surface area contributed by atoms with Crippen LogP contribution in [0.3, 0.4) is 0 Å². The molecule has 0 saturated heterocycles. The van der Waals surface area contributed by atoms with Crippen LogP contribution in [-0.4, -0.2) is 19.5 Å². The molecule has 0 aliphatic heterocycles. The van der Waals surface area contributed by atoms with E-state index in [1.54, 1.807) is 0 Å². The molecule has 0 N–H and O–H groups in total. The first-order chi connectivity index (χ1) is 31.2. The summed E-state index contributed by atoms with van der Waals surface area (Å²) in [5, 5.41) is 7.79. The van der Waals surface area contributed by atoms with Gasteiger partial charge >= 0.3 is 0 Å². The van der Waals surface area contributed by atoms with E-state index in [-0.39, 0.29) is 0 Å². The summed E-state index contributed by atoms with van der Waals surface area (Å²) < 4.78 is 7.73. The van der Waals surface area contributed by atoms with Crippen molar-refractivity contribution in [1.29, 1.82) is 0 Å². The van der Waals surface area contributed by atoms with Crippen LogP contribution in [0.25, 0.3) is 124 Å². The fourth-order valence-electron chi connectivity index (χ4n) is 9.29. The van der Waals surface area contributed by atoms with Gasteiger partial charge in [-0.05, 0) is 59.2 Å². The van der Waals surface area contributed by atoms with Gasteiger partial charge in [0.15, 0.2) is 17.5 Å². The van der Waals surface area contributed by atoms with E-state index in [4.69, 9.17) is 15.0 Å². The Hall–Kier alpha value is -7.77. The number of nitrogens with zero attached hydrogens (tertiary/aromatic N) is 4. The van der Waals surface area contributed by atoms with Crippen LogP contribution in [0.1, 0.15) is 0 Å². The lowest BCUT2D eigenvalue weighted by Gasteiger charge is -2.13. The minimum absolute atomic E-state index is 0.642. The van der Waals surface area contributed by atoms with Crippen molar-refractivity contribution in [2.75, 3.05) is 0 Å². The number of fused-ring (bicyclic) bond motifs is 10. The van der Waals surface area contributed by atoms with Crippen molar-refractivity contribution in [3.8, 4) is 62.1 Å². The smallest absolute Gasteiger partial charge is 0.164 e. The maximum absolute atomic E-state index is 5.01. The summed E-state index contributed by atoms with van der Waals surface area (Å²) in [6, 6.07) is 73.8. The number of benzene rings is 9. The fourth-order valence-corrected chi connectivity index (χ4v) is 11.8. The summed E-state index contributed by atoms with van der Waals surface area (Å²) in [6.07, 6.45) is 0. The van der Waals surface area contributed by atoms with E-state index in [1.165, 1.54) is 73.3 Å². The Balaban J connectivity index is 0.972. The average Bonchev–Trinajstić information content (AvgIpc) is 4.04. The van der Waals surface area contributed by atoms with Crippen LogP contribution in [-0.2, 0) is 0 Å². The van der Waals surface area contributed by atoms with Crippen LogP contribution in [0, 0.1) is 0 Å². The van der Waals surface area contributed by atoms with Crippen LogP contribution >= 0.6 is 22.7 Å². The lowest BCUT2D eigenvalue weighted by atomic mass is 9.97. The van der Waals surface area contributed by atoms with Gasteiger partial charge in [0.05, 0.1) is 11.0 Å². The molecule has 0 radical (unpaired) electrons. The highest BCUT2D eigenvalue weighted by atomic mass is 32.1. The van der Waals surface area contributed by atoms with Gasteiger partial charge in [0.25, 0.3) is 0 Å². The number of hydrogen-bond acceptors (Lipinski definition) is 5. The Morgan fingerprint density at radius 1 is 0.317 bits per heavy atom. The summed E-state index contributed by atoms with van der Waals surface area (Å²) >= 11 is 3.80. The first kappa shape index (κ1) is 35.9. The van der Waals surface area contributed by atoms with E-state index < -0.39 is 0 Å². The van der Waals surface area contributed by atoms with E-state index in [1.807, 2.05) is 83.3 Å². The molecule has 0 unspecified atom stereocenters. The first-order valence-corrected chi connectivity index (χ1v) is 22.7. The minimum atomic E-state index is 0.642. The second-order valence-electron chi connectivity index (χ2n) is 16.0. The highest BCUT2D eigenvalue weighted by Crippen LogP contribution is 2.48. The molecule has 0 fully saturated rings. The van der Waals surface area contributed by atoms with Crippen LogP contribution in [0.2, 0.25) is 0 Å². The van der Waals surface area contributed by atoms with Crippen molar-refractivity contribution in [3.05, 3.63) is 206 Å². The fraction of sp³-hybridized carbons (Fsp3) is 0. The van der Waals surface area contributed by atoms with Crippen molar-refractivity contribution < 1.29 is 0 Å². The molecule has 9 aromatic carbocycles. The molecule has 0 aliphatic carbocycles. The Kier molecular flexibility index (Phi) is 8.22. The molecule has 0 spiro atoms. The van der Waals surface area contributed by atoms with E-state index >= 15 is 0 Å². The van der Waals surface area contributed by atoms with Gasteiger partial charge in [0, 0.05) is 79.1 Å². The van der Waals surface area contributed by atoms with Gasteiger partial charge in [-0.2, -0.15) is 0 Å². The largest absolute Gasteiger partial charge is 0.309 e. The second-order valence-corrected chi connectivity index (χ2v) is 18.1. The lowest BCUT2D eigenvalue weighted by Crippen LogP contribution is -2.00. The zero-order chi connectivity index (χ0) is 41.4. The summed E-state index contributed by atoms with van der Waals surface area (Å²) in [5.74, 6) is 1.94. The Morgan fingerprint density at radius 2 is 0.857 bits per heavy atom. The highest BCUT2D eigenvalue weighted by molar-refractivity contribution is 7.30. The van der Waals surface area contributed by atoms with E-state index in [9.17, 15) is 0 Å². The minimum Gasteiger partial charge on any atom is -0.309 e. The number of rotatable bonds is 6. The van der Waals surface area contributed by atoms with Gasteiger partial charge in [-0.1, -0.05) is 164 Å². The molecule has 4 heterocycles. The highest BCUT2D eigenvalue weighted by Gasteiger charge is 2.20. The molecule has 4 aromatic heterocycles. The summed E-state index contributed by atoms with van der Waals surface area (Å²) in [4.78, 5) is 14.9. The zero-order valence-corrected chi connectivity index (χ0v) is 35.4. The molecule has 294 valence electrons. The molecule has 13 aromatic rings. The topological polar surface area (TPSA) is 43.6 Å². The number of para-hydroxylation sites is 2. The van der Waals surface area contributed by atoms with Crippen molar-refractivity contribution in [2.45, 2.75) is 0 Å². The third kappa shape index (κ3) is 5.91. The molecule has 0 saturated carbocycles. The summed E-state index contributed by atoms with van der Waals surface area (Å²) in [6.45, 7) is 0. The standard InChI is InChI=1S/C57H34N4S2/c1-3-14-37(15-4-1)55-58-56(38-16-5-2-6-17-38)60-57(59-55)40-19-13-18-39(32-40)35-26-28-36(29-27-35)46-33-41(61-48-23-10-7-20-42(48)43-21-8-11-24-49(43)61)34-47-52-51(63-53(46)47)31-30-45-44-22-9-12-25-50(44)62-54(45)52/h1-34H. The first-order valence-electron chi connectivity index (χ1n) is 21.1. The normalized spacial score (nSPS) is 11.8. The third-order valence-electron chi connectivity index (χ3n) is 12.3. The summed E-state index contributed by atoms with van der Waals surface area (Å²) in [5.41, 5.74) is 11.0. The van der Waals surface area contributed by atoms with Gasteiger partial charge in [0.2, 0.25) is 0 Å². The van der Waals surface area contributed by atoms with Gasteiger partial charge in [-0.25, -0.2) is 15.0 Å². The second kappa shape index (κ2) is 14.4. The molecule has 0 aliphatic rings. The van der Waals surface area contributed by atoms with Gasteiger partial charge in [0.1, 0.15) is 0 Å². The maximum Gasteiger partial charge on any atom is 0.164 e. The molecule has 6 heteroatoms. The maximum atomic E-state index is 5.01. The molecule has 63 heavy (non-hydrogen) atoms. The van der Waals surface area contributed by atoms with Crippen molar-refractivity contribution in [2.24, 2.45) is 0 Å². The monoisotopic (exact) mass is 838 g/mol. The van der Waals surface area contributed by atoms with Gasteiger partial charge < -0.3 is 4.57 Å². The zero-order valence-electron chi connectivity index (χ0n) is 33.7. The van der Waals surface area contributed by atoms with Crippen molar-refractivity contribution in [3.63, 3.8) is 0 Å². The van der Waals surface area contributed by atoms with Gasteiger partial charge in [-0.3, -0.25) is 0 Å². The quantitative estimate of drug-likeness (QED) is 0.168. The molecule has 0 bridgehead atoms. The van der Waals surface area contributed by atoms with Gasteiger partial charge in [-0.15, -0.1) is 22.7 Å². The molecule has 0 atom stereocenters. The Bertz CT molecular complexity index is 3790. The van der Waals surface area contributed by atoms with Crippen molar-refractivity contribution in [1.82, 2.24) is 19.5 Å². The molecule has 0 amide bonds. The van der Waals surface area contributed by atoms with Crippen LogP contribution in [0.5, 0.6) is 0 Å². The Morgan fingerprint density at radius 3 is 1.54 bits per heavy atom. The van der Waals surface area contributed by atoms with Crippen LogP contribution < -0.4 is 0 Å². The molecule has 4 nitrogen and oxygen atoms in total. The van der Waals surface area contributed by atoms with Crippen LogP contribution in [0.15, 0.2) is 206 Å². The lowest BCUT2D eigenvalue weighted by molar-refractivity contribution is 1.07. The molecular formula is C57H34N4S2. The van der Waals surface area contributed by atoms with Crippen molar-refractivity contribution >= 4 is 84.8 Å². The summed E-state index contributed by atoms with van der Waals surface area (Å²) in [7, 11) is 0. The predicted octanol–water partition coefficient (Wildman–Crippen LogP) is 16.0. The molecule has 13 rings (SSSR count). The Labute approximate surface area is 370 Å². The van der Waals surface area contributed by atoms with E-state index in [0.717, 1.165) is 33.5 Å². The molecular weight excluding hydrogens is 805 g/mol. The number of hydrogen-bond donors (Lipinski definition) is 0. The van der Waals surface area contributed by atoms with E-state index in [2.05, 4.69) is 150 Å². The average molecular weight is 839 g/mol. The predicted molar refractivity (Wildman–Crippen MR) is 267 cm³/mol. The van der Waals surface area contributed by atoms with Crippen LogP contribution in [0.4, 0.5) is 0 Å². The number of thiophene rings is 2. The third-order valence-corrected chi connectivity index (χ3v) is 14.7. The SMILES string of the molecule is c1ccc(-c2nc(-c3ccccc3)nc(-c3cccc(-c4ccc(-c5cc(-n6c7ccccc7c7ccccc76)cc6c5sc5ccc7c8ccccc8sc7c56)cc4)c3)n2)cc1. The van der Waals surface area contributed by atoms with E-state index in [0.29, 0.717) is 17.5 Å².